The lowest BCUT2D eigenvalue weighted by Gasteiger charge is -2.17. The quantitative estimate of drug-likeness (QED) is 0.526. The second kappa shape index (κ2) is 9.61. The summed E-state index contributed by atoms with van der Waals surface area (Å²) >= 11 is 0. The van der Waals surface area contributed by atoms with Gasteiger partial charge in [0.15, 0.2) is 9.84 Å². The fraction of sp³-hybridized carbons (Fsp3) is 0.174. The van der Waals surface area contributed by atoms with Crippen LogP contribution in [0.15, 0.2) is 77.7 Å². The van der Waals surface area contributed by atoms with E-state index in [0.717, 1.165) is 5.56 Å². The minimum Gasteiger partial charge on any atom is -0.497 e. The van der Waals surface area contributed by atoms with Crippen molar-refractivity contribution in [2.24, 2.45) is 0 Å². The second-order valence-corrected chi connectivity index (χ2v) is 8.92. The van der Waals surface area contributed by atoms with Gasteiger partial charge >= 0.3 is 5.97 Å². The normalized spacial score (nSPS) is 12.2. The Hall–Kier alpha value is -3.39. The summed E-state index contributed by atoms with van der Waals surface area (Å²) in [7, 11) is -2.49. The van der Waals surface area contributed by atoms with Crippen LogP contribution >= 0.6 is 0 Å². The number of benzene rings is 3. The Morgan fingerprint density at radius 1 is 0.935 bits per heavy atom. The molecule has 0 aromatic heterocycles. The highest BCUT2D eigenvalue weighted by Gasteiger charge is 2.31. The molecule has 6 nitrogen and oxygen atoms in total. The van der Waals surface area contributed by atoms with Crippen LogP contribution in [0.25, 0.3) is 0 Å². The highest BCUT2D eigenvalue weighted by Crippen LogP contribution is 2.33. The fourth-order valence-corrected chi connectivity index (χ4v) is 4.74. The lowest BCUT2D eigenvalue weighted by atomic mass is 10.1. The lowest BCUT2D eigenvalue weighted by molar-refractivity contribution is -0.137. The average Bonchev–Trinajstić information content (AvgIpc) is 2.77. The van der Waals surface area contributed by atoms with Crippen LogP contribution in [0.1, 0.15) is 22.8 Å². The van der Waals surface area contributed by atoms with Crippen LogP contribution in [0.5, 0.6) is 11.5 Å². The molecule has 1 N–H and O–H groups in total. The standard InChI is InChI=1S/C23H21FO6S/c1-29-19-10-12-21(13-11-19)31(27,28)22(14-23(25)26)17-4-8-20(9-5-17)30-15-16-2-6-18(24)7-3-16/h2-13,22H,14-15H2,1H3,(H,25,26). The van der Waals surface area contributed by atoms with Crippen molar-refractivity contribution in [2.75, 3.05) is 7.11 Å². The third kappa shape index (κ3) is 5.61. The van der Waals surface area contributed by atoms with Gasteiger partial charge in [-0.05, 0) is 59.7 Å². The number of ether oxygens (including phenoxy) is 2. The van der Waals surface area contributed by atoms with E-state index in [1.165, 1.54) is 55.6 Å². The van der Waals surface area contributed by atoms with E-state index in [4.69, 9.17) is 9.47 Å². The summed E-state index contributed by atoms with van der Waals surface area (Å²) in [4.78, 5) is 11.4. The highest BCUT2D eigenvalue weighted by molar-refractivity contribution is 7.91. The van der Waals surface area contributed by atoms with E-state index in [0.29, 0.717) is 17.1 Å². The molecule has 1 atom stereocenters. The van der Waals surface area contributed by atoms with E-state index in [1.807, 2.05) is 0 Å². The van der Waals surface area contributed by atoms with Crippen molar-refractivity contribution in [1.29, 1.82) is 0 Å². The Morgan fingerprint density at radius 2 is 1.52 bits per heavy atom. The molecular formula is C23H21FO6S. The molecule has 0 saturated heterocycles. The Morgan fingerprint density at radius 3 is 2.06 bits per heavy atom. The van der Waals surface area contributed by atoms with Gasteiger partial charge in [0.1, 0.15) is 29.2 Å². The highest BCUT2D eigenvalue weighted by atomic mass is 32.2. The first-order valence-corrected chi connectivity index (χ1v) is 10.9. The van der Waals surface area contributed by atoms with E-state index in [9.17, 15) is 22.7 Å². The lowest BCUT2D eigenvalue weighted by Crippen LogP contribution is -2.17. The number of carboxylic acid groups (broad SMARTS) is 1. The van der Waals surface area contributed by atoms with Gasteiger partial charge in [-0.25, -0.2) is 12.8 Å². The molecule has 3 aromatic rings. The number of hydrogen-bond donors (Lipinski definition) is 1. The van der Waals surface area contributed by atoms with Gasteiger partial charge in [0.25, 0.3) is 0 Å². The van der Waals surface area contributed by atoms with Crippen molar-refractivity contribution in [3.8, 4) is 11.5 Å². The largest absolute Gasteiger partial charge is 0.497 e. The van der Waals surface area contributed by atoms with Crippen molar-refractivity contribution in [2.45, 2.75) is 23.2 Å². The Bertz CT molecular complexity index is 1120. The third-order valence-electron chi connectivity index (χ3n) is 4.69. The molecule has 0 heterocycles. The molecule has 8 heteroatoms. The van der Waals surface area contributed by atoms with E-state index >= 15 is 0 Å². The van der Waals surface area contributed by atoms with Gasteiger partial charge in [0.2, 0.25) is 0 Å². The van der Waals surface area contributed by atoms with Gasteiger partial charge in [-0.15, -0.1) is 0 Å². The van der Waals surface area contributed by atoms with Gasteiger partial charge in [-0.1, -0.05) is 24.3 Å². The fourth-order valence-electron chi connectivity index (χ4n) is 3.02. The zero-order chi connectivity index (χ0) is 22.4. The average molecular weight is 444 g/mol. The van der Waals surface area contributed by atoms with Crippen LogP contribution in [0.3, 0.4) is 0 Å². The second-order valence-electron chi connectivity index (χ2n) is 6.79. The summed E-state index contributed by atoms with van der Waals surface area (Å²) in [6.45, 7) is 0.211. The molecule has 0 aliphatic heterocycles. The SMILES string of the molecule is COc1ccc(S(=O)(=O)C(CC(=O)O)c2ccc(OCc3ccc(F)cc3)cc2)cc1. The molecule has 0 spiro atoms. The van der Waals surface area contributed by atoms with Gasteiger partial charge in [0.05, 0.1) is 18.4 Å². The number of rotatable bonds is 9. The molecule has 31 heavy (non-hydrogen) atoms. The molecule has 0 aliphatic rings. The first kappa shape index (κ1) is 22.3. The molecule has 3 rings (SSSR count). The van der Waals surface area contributed by atoms with E-state index in [-0.39, 0.29) is 17.3 Å². The summed E-state index contributed by atoms with van der Waals surface area (Å²) in [6.07, 6.45) is -0.579. The number of halogens is 1. The summed E-state index contributed by atoms with van der Waals surface area (Å²) in [5.41, 5.74) is 1.11. The van der Waals surface area contributed by atoms with Gasteiger partial charge in [-0.2, -0.15) is 0 Å². The van der Waals surface area contributed by atoms with Crippen LogP contribution in [0.2, 0.25) is 0 Å². The first-order valence-electron chi connectivity index (χ1n) is 9.36. The maximum Gasteiger partial charge on any atom is 0.305 e. The van der Waals surface area contributed by atoms with Gasteiger partial charge in [0, 0.05) is 0 Å². The molecule has 0 amide bonds. The third-order valence-corrected chi connectivity index (χ3v) is 6.81. The molecule has 0 radical (unpaired) electrons. The van der Waals surface area contributed by atoms with Crippen LogP contribution in [0, 0.1) is 5.82 Å². The summed E-state index contributed by atoms with van der Waals surface area (Å²) < 4.78 is 49.9. The van der Waals surface area contributed by atoms with Gasteiger partial charge in [-0.3, -0.25) is 4.79 Å². The maximum absolute atomic E-state index is 13.1. The summed E-state index contributed by atoms with van der Waals surface area (Å²) in [5.74, 6) is -0.588. The zero-order valence-corrected chi connectivity index (χ0v) is 17.5. The van der Waals surface area contributed by atoms with E-state index in [2.05, 4.69) is 0 Å². The number of methoxy groups -OCH3 is 1. The predicted molar refractivity (Wildman–Crippen MR) is 112 cm³/mol. The van der Waals surface area contributed by atoms with E-state index in [1.54, 1.807) is 24.3 Å². The number of carboxylic acids is 1. The molecule has 0 bridgehead atoms. The van der Waals surface area contributed by atoms with Crippen molar-refractivity contribution in [1.82, 2.24) is 0 Å². The van der Waals surface area contributed by atoms with Crippen molar-refractivity contribution in [3.05, 3.63) is 89.7 Å². The number of sulfone groups is 1. The Kier molecular flexibility index (Phi) is 6.91. The maximum atomic E-state index is 13.1. The minimum atomic E-state index is -3.96. The summed E-state index contributed by atoms with van der Waals surface area (Å²) in [6, 6.07) is 17.9. The molecule has 3 aromatic carbocycles. The van der Waals surface area contributed by atoms with Crippen LogP contribution in [-0.4, -0.2) is 26.6 Å². The monoisotopic (exact) mass is 444 g/mol. The number of carbonyl (C=O) groups is 1. The molecule has 0 saturated carbocycles. The van der Waals surface area contributed by atoms with Crippen LogP contribution in [0.4, 0.5) is 4.39 Å². The molecule has 0 aliphatic carbocycles. The molecule has 1 unspecified atom stereocenters. The first-order chi connectivity index (χ1) is 14.8. The van der Waals surface area contributed by atoms with Crippen LogP contribution < -0.4 is 9.47 Å². The number of hydrogen-bond acceptors (Lipinski definition) is 5. The number of aliphatic carboxylic acids is 1. The minimum absolute atomic E-state index is 0.0104. The van der Waals surface area contributed by atoms with Crippen molar-refractivity contribution in [3.63, 3.8) is 0 Å². The van der Waals surface area contributed by atoms with Crippen LogP contribution in [-0.2, 0) is 21.2 Å². The topological polar surface area (TPSA) is 89.9 Å². The molecular weight excluding hydrogens is 423 g/mol. The molecule has 0 fully saturated rings. The predicted octanol–water partition coefficient (Wildman–Crippen LogP) is 4.40. The van der Waals surface area contributed by atoms with Crippen molar-refractivity contribution >= 4 is 15.8 Å². The Labute approximate surface area is 179 Å². The van der Waals surface area contributed by atoms with Gasteiger partial charge < -0.3 is 14.6 Å². The smallest absolute Gasteiger partial charge is 0.305 e. The van der Waals surface area contributed by atoms with E-state index < -0.39 is 27.5 Å². The summed E-state index contributed by atoms with van der Waals surface area (Å²) in [5, 5.41) is 8.03. The zero-order valence-electron chi connectivity index (χ0n) is 16.7. The Balaban J connectivity index is 1.81. The van der Waals surface area contributed by atoms with Crippen molar-refractivity contribution < 1.29 is 32.2 Å². The molecule has 162 valence electrons.